The average Bonchev–Trinajstić information content (AvgIpc) is 3.20. The lowest BCUT2D eigenvalue weighted by Crippen LogP contribution is -2.43. The lowest BCUT2D eigenvalue weighted by atomic mass is 9.87. The highest BCUT2D eigenvalue weighted by molar-refractivity contribution is 7.91. The van der Waals surface area contributed by atoms with Gasteiger partial charge in [0.25, 0.3) is 0 Å². The number of hydrogen-bond acceptors (Lipinski definition) is 6. The fourth-order valence-corrected chi connectivity index (χ4v) is 5.17. The first-order valence-electron chi connectivity index (χ1n) is 11.5. The van der Waals surface area contributed by atoms with Crippen LogP contribution in [0.2, 0.25) is 5.02 Å². The van der Waals surface area contributed by atoms with Gasteiger partial charge < -0.3 is 14.1 Å². The van der Waals surface area contributed by atoms with Gasteiger partial charge in [-0.1, -0.05) is 56.6 Å². The number of hydrogen-bond donors (Lipinski definition) is 0. The number of oxazole rings is 1. The predicted molar refractivity (Wildman–Crippen MR) is 136 cm³/mol. The molecule has 0 saturated carbocycles. The monoisotopic (exact) mass is 516 g/mol. The molecule has 0 atom stereocenters. The Bertz CT molecular complexity index is 1280. The summed E-state index contributed by atoms with van der Waals surface area (Å²) >= 11 is 6.04. The second kappa shape index (κ2) is 10.0. The number of carbonyl (C=O) groups excluding carboxylic acids is 1. The van der Waals surface area contributed by atoms with Crippen molar-refractivity contribution in [2.75, 3.05) is 24.6 Å². The highest BCUT2D eigenvalue weighted by atomic mass is 35.5. The van der Waals surface area contributed by atoms with E-state index in [2.05, 4.69) is 25.8 Å². The number of carbonyl (C=O) groups is 1. The normalized spacial score (nSPS) is 15.7. The van der Waals surface area contributed by atoms with E-state index < -0.39 is 9.84 Å². The maximum Gasteiger partial charge on any atom is 0.399 e. The number of sulfone groups is 1. The summed E-state index contributed by atoms with van der Waals surface area (Å²) in [6.45, 7) is 6.88. The minimum absolute atomic E-state index is 0.00304. The smallest absolute Gasteiger partial charge is 0.399 e. The van der Waals surface area contributed by atoms with Crippen LogP contribution in [0.15, 0.2) is 52.9 Å². The first-order valence-corrected chi connectivity index (χ1v) is 13.7. The topological polar surface area (TPSA) is 89.7 Å². The summed E-state index contributed by atoms with van der Waals surface area (Å²) in [6, 6.07) is 15.0. The first-order chi connectivity index (χ1) is 16.5. The number of aromatic nitrogens is 1. The third-order valence-electron chi connectivity index (χ3n) is 5.98. The van der Waals surface area contributed by atoms with E-state index >= 15 is 0 Å². The van der Waals surface area contributed by atoms with Crippen molar-refractivity contribution < 1.29 is 22.4 Å². The number of halogens is 1. The number of nitrogens with zero attached hydrogens (tertiary/aromatic N) is 2. The summed E-state index contributed by atoms with van der Waals surface area (Å²) in [6.07, 6.45) is 0.569. The van der Waals surface area contributed by atoms with E-state index in [1.54, 1.807) is 17.0 Å². The van der Waals surface area contributed by atoms with Crippen LogP contribution < -0.4 is 4.74 Å². The molecule has 7 nitrogen and oxygen atoms in total. The summed E-state index contributed by atoms with van der Waals surface area (Å²) in [7, 11) is -3.05. The van der Waals surface area contributed by atoms with Gasteiger partial charge in [-0.2, -0.15) is 4.98 Å². The van der Waals surface area contributed by atoms with Crippen molar-refractivity contribution in [2.24, 2.45) is 0 Å². The van der Waals surface area contributed by atoms with E-state index in [4.69, 9.17) is 20.8 Å². The number of benzene rings is 2. The molecule has 186 valence electrons. The molecule has 1 aliphatic heterocycles. The Morgan fingerprint density at radius 1 is 1.06 bits per heavy atom. The second-order valence-electron chi connectivity index (χ2n) is 9.67. The molecule has 0 spiro atoms. The molecular formula is C26H29ClN2O5S. The molecule has 0 bridgehead atoms. The number of aryl methyl sites for hydroxylation is 1. The Hall–Kier alpha value is -2.84. The summed E-state index contributed by atoms with van der Waals surface area (Å²) in [5.41, 5.74) is 2.59. The molecule has 1 aromatic heterocycles. The van der Waals surface area contributed by atoms with E-state index in [1.165, 1.54) is 5.56 Å². The number of rotatable bonds is 6. The van der Waals surface area contributed by atoms with Gasteiger partial charge in [0.15, 0.2) is 9.84 Å². The van der Waals surface area contributed by atoms with Gasteiger partial charge in [-0.3, -0.25) is 4.79 Å². The molecule has 0 N–H and O–H groups in total. The van der Waals surface area contributed by atoms with Crippen LogP contribution in [0.25, 0.3) is 11.3 Å². The summed E-state index contributed by atoms with van der Waals surface area (Å²) in [5, 5.41) is 0.601. The maximum absolute atomic E-state index is 12.7. The van der Waals surface area contributed by atoms with Crippen LogP contribution in [0.3, 0.4) is 0 Å². The van der Waals surface area contributed by atoms with E-state index in [1.807, 2.05) is 36.4 Å². The SMILES string of the molecule is CC(C)(C)c1ccc(Oc2nc(-c3ccc(Cl)cc3)c(CCC(=O)N3CCS(=O)(=O)CC3)o2)cc1. The van der Waals surface area contributed by atoms with E-state index in [9.17, 15) is 13.2 Å². The number of amides is 1. The molecule has 1 amide bonds. The zero-order valence-electron chi connectivity index (χ0n) is 20.1. The van der Waals surface area contributed by atoms with E-state index in [0.29, 0.717) is 28.6 Å². The number of ether oxygens (including phenoxy) is 1. The molecule has 1 saturated heterocycles. The van der Waals surface area contributed by atoms with Crippen LogP contribution in [0.1, 0.15) is 38.5 Å². The second-order valence-corrected chi connectivity index (χ2v) is 12.4. The first kappa shape index (κ1) is 25.3. The van der Waals surface area contributed by atoms with E-state index in [-0.39, 0.29) is 48.4 Å². The van der Waals surface area contributed by atoms with Gasteiger partial charge in [0, 0.05) is 36.5 Å². The molecule has 3 aromatic rings. The van der Waals surface area contributed by atoms with Crippen LogP contribution >= 0.6 is 11.6 Å². The lowest BCUT2D eigenvalue weighted by Gasteiger charge is -2.26. The zero-order chi connectivity index (χ0) is 25.2. The molecule has 2 aromatic carbocycles. The van der Waals surface area contributed by atoms with Crippen molar-refractivity contribution in [1.29, 1.82) is 0 Å². The highest BCUT2D eigenvalue weighted by Crippen LogP contribution is 2.32. The van der Waals surface area contributed by atoms with Crippen LogP contribution in [-0.4, -0.2) is 48.8 Å². The molecule has 1 aliphatic rings. The molecule has 0 unspecified atom stereocenters. The van der Waals surface area contributed by atoms with Gasteiger partial charge in [-0.05, 0) is 35.2 Å². The third kappa shape index (κ3) is 6.44. The maximum atomic E-state index is 12.7. The van der Waals surface area contributed by atoms with Crippen LogP contribution in [0.5, 0.6) is 11.8 Å². The van der Waals surface area contributed by atoms with Gasteiger partial charge >= 0.3 is 6.08 Å². The van der Waals surface area contributed by atoms with Gasteiger partial charge in [-0.25, -0.2) is 8.42 Å². The highest BCUT2D eigenvalue weighted by Gasteiger charge is 2.26. The quantitative estimate of drug-likeness (QED) is 0.443. The van der Waals surface area contributed by atoms with Crippen LogP contribution in [0, 0.1) is 0 Å². The minimum Gasteiger partial charge on any atom is -0.413 e. The van der Waals surface area contributed by atoms with Crippen molar-refractivity contribution in [3.05, 3.63) is 64.9 Å². The molecule has 0 radical (unpaired) electrons. The van der Waals surface area contributed by atoms with Gasteiger partial charge in [0.05, 0.1) is 11.5 Å². The molecule has 4 rings (SSSR count). The fourth-order valence-electron chi connectivity index (χ4n) is 3.84. The van der Waals surface area contributed by atoms with Gasteiger partial charge in [0.1, 0.15) is 17.2 Å². The lowest BCUT2D eigenvalue weighted by molar-refractivity contribution is -0.130. The summed E-state index contributed by atoms with van der Waals surface area (Å²) < 4.78 is 35.2. The standard InChI is InChI=1S/C26H29ClN2O5S/c1-26(2,3)19-6-10-21(11-7-19)33-25-28-24(18-4-8-20(27)9-5-18)22(34-25)12-13-23(30)29-14-16-35(31,32)17-15-29/h4-11H,12-17H2,1-3H3. The van der Waals surface area contributed by atoms with Crippen molar-refractivity contribution in [2.45, 2.75) is 39.0 Å². The molecule has 9 heteroatoms. The minimum atomic E-state index is -3.05. The summed E-state index contributed by atoms with van der Waals surface area (Å²) in [4.78, 5) is 18.8. The van der Waals surface area contributed by atoms with Crippen molar-refractivity contribution in [1.82, 2.24) is 9.88 Å². The van der Waals surface area contributed by atoms with Crippen molar-refractivity contribution in [3.8, 4) is 23.1 Å². The third-order valence-corrected chi connectivity index (χ3v) is 7.85. The zero-order valence-corrected chi connectivity index (χ0v) is 21.7. The Morgan fingerprint density at radius 2 is 1.69 bits per heavy atom. The molecule has 1 fully saturated rings. The van der Waals surface area contributed by atoms with Gasteiger partial charge in [-0.15, -0.1) is 0 Å². The molecule has 2 heterocycles. The Balaban J connectivity index is 1.52. The summed E-state index contributed by atoms with van der Waals surface area (Å²) in [5.74, 6) is 1.01. The molecule has 0 aliphatic carbocycles. The molecule has 35 heavy (non-hydrogen) atoms. The Kier molecular flexibility index (Phi) is 7.24. The van der Waals surface area contributed by atoms with Crippen molar-refractivity contribution in [3.63, 3.8) is 0 Å². The average molecular weight is 517 g/mol. The van der Waals surface area contributed by atoms with Crippen LogP contribution in [-0.2, 0) is 26.5 Å². The predicted octanol–water partition coefficient (Wildman–Crippen LogP) is 5.27. The largest absolute Gasteiger partial charge is 0.413 e. The molecular weight excluding hydrogens is 488 g/mol. The van der Waals surface area contributed by atoms with E-state index in [0.717, 1.165) is 5.56 Å². The van der Waals surface area contributed by atoms with Crippen LogP contribution in [0.4, 0.5) is 0 Å². The Morgan fingerprint density at radius 3 is 2.29 bits per heavy atom. The Labute approximate surface area is 211 Å². The van der Waals surface area contributed by atoms with Crippen molar-refractivity contribution >= 4 is 27.3 Å². The van der Waals surface area contributed by atoms with Gasteiger partial charge in [0.2, 0.25) is 5.91 Å². The fraction of sp³-hybridized carbons (Fsp3) is 0.385.